The molecule has 1 aliphatic rings. The van der Waals surface area contributed by atoms with Gasteiger partial charge in [-0.25, -0.2) is 4.98 Å². The molecule has 0 spiro atoms. The predicted octanol–water partition coefficient (Wildman–Crippen LogP) is 4.45. The molecule has 106 valence electrons. The molecule has 3 nitrogen and oxygen atoms in total. The summed E-state index contributed by atoms with van der Waals surface area (Å²) < 4.78 is 11.5. The summed E-state index contributed by atoms with van der Waals surface area (Å²) in [5.74, 6) is 1.64. The van der Waals surface area contributed by atoms with E-state index in [1.54, 1.807) is 18.4 Å². The molecule has 0 unspecified atom stereocenters. The van der Waals surface area contributed by atoms with Crippen LogP contribution in [-0.4, -0.2) is 18.2 Å². The Morgan fingerprint density at radius 1 is 1.20 bits per heavy atom. The molecule has 0 amide bonds. The summed E-state index contributed by atoms with van der Waals surface area (Å²) in [5.41, 5.74) is 4.01. The first-order valence-electron chi connectivity index (χ1n) is 7.03. The van der Waals surface area contributed by atoms with Gasteiger partial charge < -0.3 is 9.47 Å². The van der Waals surface area contributed by atoms with Crippen molar-refractivity contribution in [3.8, 4) is 22.8 Å². The van der Waals surface area contributed by atoms with Crippen LogP contribution in [0.25, 0.3) is 11.3 Å². The molecule has 1 aromatic carbocycles. The summed E-state index contributed by atoms with van der Waals surface area (Å²) in [4.78, 5) is 5.66. The van der Waals surface area contributed by atoms with E-state index >= 15 is 0 Å². The summed E-state index contributed by atoms with van der Waals surface area (Å²) in [5, 5.41) is 0. The Labute approximate surface area is 123 Å². The minimum Gasteiger partial charge on any atom is -0.493 e. The van der Waals surface area contributed by atoms with Gasteiger partial charge in [-0.15, -0.1) is 11.3 Å². The van der Waals surface area contributed by atoms with Crippen molar-refractivity contribution in [2.45, 2.75) is 38.7 Å². The molecule has 0 atom stereocenters. The van der Waals surface area contributed by atoms with E-state index in [1.807, 2.05) is 17.6 Å². The van der Waals surface area contributed by atoms with Crippen molar-refractivity contribution in [2.24, 2.45) is 0 Å². The van der Waals surface area contributed by atoms with Crippen molar-refractivity contribution in [2.75, 3.05) is 7.11 Å². The molecule has 1 heterocycles. The Hall–Kier alpha value is -1.55. The first-order chi connectivity index (χ1) is 9.78. The van der Waals surface area contributed by atoms with Crippen LogP contribution < -0.4 is 9.47 Å². The van der Waals surface area contributed by atoms with Crippen molar-refractivity contribution in [1.29, 1.82) is 0 Å². The Bertz CT molecular complexity index is 588. The zero-order valence-electron chi connectivity index (χ0n) is 11.9. The molecule has 0 bridgehead atoms. The first-order valence-corrected chi connectivity index (χ1v) is 7.91. The Kier molecular flexibility index (Phi) is 3.92. The van der Waals surface area contributed by atoms with Gasteiger partial charge in [0, 0.05) is 10.4 Å². The standard InChI is InChI=1S/C16H19NO2S/c1-11-16(17-10-20-11)12-7-8-14(18-2)15(9-12)19-13-5-3-4-6-13/h7-10,13H,3-6H2,1-2H3. The second-order valence-electron chi connectivity index (χ2n) is 5.15. The number of thiazole rings is 1. The molecule has 0 N–H and O–H groups in total. The number of aryl methyl sites for hydroxylation is 1. The summed E-state index contributed by atoms with van der Waals surface area (Å²) in [6, 6.07) is 6.07. The Balaban J connectivity index is 1.92. The quantitative estimate of drug-likeness (QED) is 0.833. The van der Waals surface area contributed by atoms with Crippen LogP contribution in [0.2, 0.25) is 0 Å². The molecule has 4 heteroatoms. The number of ether oxygens (including phenoxy) is 2. The number of hydrogen-bond donors (Lipinski definition) is 0. The highest BCUT2D eigenvalue weighted by molar-refractivity contribution is 7.10. The lowest BCUT2D eigenvalue weighted by Crippen LogP contribution is -2.11. The third-order valence-corrected chi connectivity index (χ3v) is 4.54. The van der Waals surface area contributed by atoms with Gasteiger partial charge in [-0.05, 0) is 50.8 Å². The molecule has 0 aliphatic heterocycles. The maximum Gasteiger partial charge on any atom is 0.162 e. The smallest absolute Gasteiger partial charge is 0.162 e. The topological polar surface area (TPSA) is 31.4 Å². The Morgan fingerprint density at radius 3 is 2.65 bits per heavy atom. The van der Waals surface area contributed by atoms with Crippen LogP contribution in [0.1, 0.15) is 30.6 Å². The van der Waals surface area contributed by atoms with Crippen molar-refractivity contribution >= 4 is 11.3 Å². The fourth-order valence-corrected chi connectivity index (χ4v) is 3.28. The summed E-state index contributed by atoms with van der Waals surface area (Å²) in [6.07, 6.45) is 5.14. The molecule has 1 aliphatic carbocycles. The molecule has 0 saturated heterocycles. The van der Waals surface area contributed by atoms with Gasteiger partial charge in [0.2, 0.25) is 0 Å². The highest BCUT2D eigenvalue weighted by atomic mass is 32.1. The molecule has 2 aromatic rings. The van der Waals surface area contributed by atoms with Gasteiger partial charge in [-0.2, -0.15) is 0 Å². The van der Waals surface area contributed by atoms with Crippen LogP contribution >= 0.6 is 11.3 Å². The SMILES string of the molecule is COc1ccc(-c2ncsc2C)cc1OC1CCCC1. The number of benzene rings is 1. The van der Waals surface area contributed by atoms with Crippen molar-refractivity contribution in [3.05, 3.63) is 28.6 Å². The third kappa shape index (κ3) is 2.66. The lowest BCUT2D eigenvalue weighted by Gasteiger charge is -2.16. The van der Waals surface area contributed by atoms with Crippen molar-refractivity contribution in [3.63, 3.8) is 0 Å². The Morgan fingerprint density at radius 2 is 2.00 bits per heavy atom. The van der Waals surface area contributed by atoms with Crippen molar-refractivity contribution < 1.29 is 9.47 Å². The highest BCUT2D eigenvalue weighted by Crippen LogP contribution is 2.36. The van der Waals surface area contributed by atoms with Crippen LogP contribution in [0.4, 0.5) is 0 Å². The monoisotopic (exact) mass is 289 g/mol. The molecule has 1 fully saturated rings. The maximum absolute atomic E-state index is 6.13. The van der Waals surface area contributed by atoms with Gasteiger partial charge in [0.05, 0.1) is 24.4 Å². The average Bonchev–Trinajstić information content (AvgIpc) is 3.10. The number of aromatic nitrogens is 1. The van der Waals surface area contributed by atoms with E-state index in [-0.39, 0.29) is 0 Å². The third-order valence-electron chi connectivity index (χ3n) is 3.78. The molecule has 0 radical (unpaired) electrons. The fraction of sp³-hybridized carbons (Fsp3) is 0.438. The molecular formula is C16H19NO2S. The van der Waals surface area contributed by atoms with Gasteiger partial charge in [0.1, 0.15) is 0 Å². The predicted molar refractivity (Wildman–Crippen MR) is 81.7 cm³/mol. The minimum atomic E-state index is 0.329. The lowest BCUT2D eigenvalue weighted by atomic mass is 10.1. The molecule has 3 rings (SSSR count). The second-order valence-corrected chi connectivity index (χ2v) is 6.21. The zero-order chi connectivity index (χ0) is 13.9. The minimum absolute atomic E-state index is 0.329. The van der Waals surface area contributed by atoms with Crippen LogP contribution in [0.15, 0.2) is 23.7 Å². The van der Waals surface area contributed by atoms with Crippen LogP contribution in [-0.2, 0) is 0 Å². The summed E-state index contributed by atoms with van der Waals surface area (Å²) >= 11 is 1.66. The van der Waals surface area contributed by atoms with Crippen molar-refractivity contribution in [1.82, 2.24) is 4.98 Å². The number of hydrogen-bond acceptors (Lipinski definition) is 4. The fourth-order valence-electron chi connectivity index (χ4n) is 2.68. The summed E-state index contributed by atoms with van der Waals surface area (Å²) in [7, 11) is 1.69. The number of methoxy groups -OCH3 is 1. The summed E-state index contributed by atoms with van der Waals surface area (Å²) in [6.45, 7) is 2.09. The van der Waals surface area contributed by atoms with Gasteiger partial charge in [0.25, 0.3) is 0 Å². The number of nitrogens with zero attached hydrogens (tertiary/aromatic N) is 1. The molecule has 1 saturated carbocycles. The van der Waals surface area contributed by atoms with E-state index in [0.29, 0.717) is 6.10 Å². The van der Waals surface area contributed by atoms with Crippen LogP contribution in [0.5, 0.6) is 11.5 Å². The van der Waals surface area contributed by atoms with Gasteiger partial charge in [-0.1, -0.05) is 0 Å². The molecule has 1 aromatic heterocycles. The molecule has 20 heavy (non-hydrogen) atoms. The highest BCUT2D eigenvalue weighted by Gasteiger charge is 2.19. The van der Waals surface area contributed by atoms with E-state index in [0.717, 1.165) is 35.6 Å². The van der Waals surface area contributed by atoms with Gasteiger partial charge in [0.15, 0.2) is 11.5 Å². The maximum atomic E-state index is 6.13. The van der Waals surface area contributed by atoms with E-state index in [4.69, 9.17) is 9.47 Å². The zero-order valence-corrected chi connectivity index (χ0v) is 12.7. The largest absolute Gasteiger partial charge is 0.493 e. The normalized spacial score (nSPS) is 15.5. The van der Waals surface area contributed by atoms with Crippen LogP contribution in [0, 0.1) is 6.92 Å². The van der Waals surface area contributed by atoms with Gasteiger partial charge in [-0.3, -0.25) is 0 Å². The van der Waals surface area contributed by atoms with E-state index in [9.17, 15) is 0 Å². The second kappa shape index (κ2) is 5.83. The number of rotatable bonds is 4. The first kappa shape index (κ1) is 13.4. The van der Waals surface area contributed by atoms with E-state index < -0.39 is 0 Å². The van der Waals surface area contributed by atoms with E-state index in [2.05, 4.69) is 18.0 Å². The van der Waals surface area contributed by atoms with E-state index in [1.165, 1.54) is 17.7 Å². The average molecular weight is 289 g/mol. The van der Waals surface area contributed by atoms with Gasteiger partial charge >= 0.3 is 0 Å². The van der Waals surface area contributed by atoms with Crippen LogP contribution in [0.3, 0.4) is 0 Å². The lowest BCUT2D eigenvalue weighted by molar-refractivity contribution is 0.201. The molecular weight excluding hydrogens is 270 g/mol.